The maximum Gasteiger partial charge on any atom is 0.311 e. The van der Waals surface area contributed by atoms with E-state index >= 15 is 0 Å². The van der Waals surface area contributed by atoms with Gasteiger partial charge in [0.25, 0.3) is 0 Å². The minimum atomic E-state index is -1.17. The Bertz CT molecular complexity index is 492. The Morgan fingerprint density at radius 1 is 1.17 bits per heavy atom. The molecule has 4 heteroatoms. The van der Waals surface area contributed by atoms with Gasteiger partial charge in [-0.3, -0.25) is 9.59 Å². The summed E-state index contributed by atoms with van der Waals surface area (Å²) in [6.07, 6.45) is -1.17. The van der Waals surface area contributed by atoms with E-state index in [1.807, 2.05) is 31.2 Å². The Labute approximate surface area is 106 Å². The van der Waals surface area contributed by atoms with E-state index in [0.717, 1.165) is 11.1 Å². The minimum absolute atomic E-state index is 0.556. The van der Waals surface area contributed by atoms with E-state index in [1.54, 1.807) is 0 Å². The molecule has 0 saturated heterocycles. The molecule has 94 valence electrons. The van der Waals surface area contributed by atoms with Crippen molar-refractivity contribution in [2.75, 3.05) is 0 Å². The summed E-state index contributed by atoms with van der Waals surface area (Å²) in [6, 6.07) is 7.51. The first kappa shape index (κ1) is 13.8. The third-order valence-electron chi connectivity index (χ3n) is 1.90. The smallest absolute Gasteiger partial charge is 0.311 e. The molecular weight excluding hydrogens is 232 g/mol. The fraction of sp³-hybridized carbons (Fsp3) is 0.286. The van der Waals surface area contributed by atoms with Crippen LogP contribution in [0.3, 0.4) is 0 Å². The van der Waals surface area contributed by atoms with Gasteiger partial charge in [0.05, 0.1) is 0 Å². The van der Waals surface area contributed by atoms with Gasteiger partial charge in [-0.15, -0.1) is 0 Å². The zero-order valence-electron chi connectivity index (χ0n) is 10.5. The molecule has 1 rings (SSSR count). The van der Waals surface area contributed by atoms with Crippen LogP contribution >= 0.6 is 0 Å². The quantitative estimate of drug-likeness (QED) is 0.453. The molecule has 0 spiro atoms. The van der Waals surface area contributed by atoms with E-state index in [2.05, 4.69) is 11.8 Å². The van der Waals surface area contributed by atoms with Gasteiger partial charge < -0.3 is 9.47 Å². The Hall–Kier alpha value is -2.28. The van der Waals surface area contributed by atoms with Crippen molar-refractivity contribution in [2.45, 2.75) is 27.1 Å². The van der Waals surface area contributed by atoms with Crippen LogP contribution in [0.25, 0.3) is 0 Å². The summed E-state index contributed by atoms with van der Waals surface area (Å²) < 4.78 is 9.52. The van der Waals surface area contributed by atoms with Crippen molar-refractivity contribution in [1.82, 2.24) is 0 Å². The lowest BCUT2D eigenvalue weighted by Crippen LogP contribution is -2.20. The lowest BCUT2D eigenvalue weighted by molar-refractivity contribution is -0.174. The number of esters is 2. The second-order valence-electron chi connectivity index (χ2n) is 3.69. The van der Waals surface area contributed by atoms with Crippen molar-refractivity contribution in [2.24, 2.45) is 0 Å². The monoisotopic (exact) mass is 246 g/mol. The van der Waals surface area contributed by atoms with Gasteiger partial charge in [-0.25, -0.2) is 0 Å². The first-order chi connectivity index (χ1) is 8.47. The molecule has 0 saturated carbocycles. The fourth-order valence-corrected chi connectivity index (χ4v) is 1.25. The number of hydrogen-bond donors (Lipinski definition) is 0. The highest BCUT2D eigenvalue weighted by Crippen LogP contribution is 2.03. The van der Waals surface area contributed by atoms with Gasteiger partial charge in [-0.2, -0.15) is 0 Å². The van der Waals surface area contributed by atoms with Gasteiger partial charge in [0.15, 0.2) is 0 Å². The molecule has 0 aliphatic heterocycles. The standard InChI is InChI=1S/C14H14O4/c1-10-5-4-6-13(9-10)7-8-14(17-11(2)15)18-12(3)16/h4-6,9,14H,1-3H3. The highest BCUT2D eigenvalue weighted by atomic mass is 16.7. The van der Waals surface area contributed by atoms with Crippen molar-refractivity contribution in [3.8, 4) is 11.8 Å². The van der Waals surface area contributed by atoms with E-state index < -0.39 is 18.2 Å². The summed E-state index contributed by atoms with van der Waals surface area (Å²) in [4.78, 5) is 21.6. The first-order valence-electron chi connectivity index (χ1n) is 5.40. The normalized spacial score (nSPS) is 9.33. The van der Waals surface area contributed by atoms with Gasteiger partial charge in [0.2, 0.25) is 0 Å². The van der Waals surface area contributed by atoms with E-state index in [-0.39, 0.29) is 0 Å². The summed E-state index contributed by atoms with van der Waals surface area (Å²) in [5, 5.41) is 0. The largest absolute Gasteiger partial charge is 0.414 e. The average molecular weight is 246 g/mol. The molecular formula is C14H14O4. The fourth-order valence-electron chi connectivity index (χ4n) is 1.25. The molecule has 0 heterocycles. The number of carbonyl (C=O) groups excluding carboxylic acids is 2. The van der Waals surface area contributed by atoms with E-state index in [4.69, 9.17) is 9.47 Å². The molecule has 1 aromatic carbocycles. The molecule has 4 nitrogen and oxygen atoms in total. The molecule has 0 N–H and O–H groups in total. The molecule has 0 aliphatic rings. The zero-order chi connectivity index (χ0) is 13.5. The number of hydrogen-bond acceptors (Lipinski definition) is 4. The molecule has 0 aromatic heterocycles. The second kappa shape index (κ2) is 6.45. The zero-order valence-corrected chi connectivity index (χ0v) is 10.5. The van der Waals surface area contributed by atoms with Crippen molar-refractivity contribution < 1.29 is 19.1 Å². The SMILES string of the molecule is CC(=O)OC(C#Cc1cccc(C)c1)OC(C)=O. The number of rotatable bonds is 2. The Kier molecular flexibility index (Phi) is 4.94. The summed E-state index contributed by atoms with van der Waals surface area (Å²) >= 11 is 0. The number of carbonyl (C=O) groups is 2. The Balaban J connectivity index is 2.82. The Morgan fingerprint density at radius 2 is 1.78 bits per heavy atom. The van der Waals surface area contributed by atoms with Gasteiger partial charge >= 0.3 is 18.2 Å². The van der Waals surface area contributed by atoms with Crippen LogP contribution in [0.5, 0.6) is 0 Å². The number of aryl methyl sites for hydroxylation is 1. The predicted molar refractivity (Wildman–Crippen MR) is 65.4 cm³/mol. The topological polar surface area (TPSA) is 52.6 Å². The predicted octanol–water partition coefficient (Wildman–Crippen LogP) is 1.80. The van der Waals surface area contributed by atoms with E-state index in [1.165, 1.54) is 13.8 Å². The van der Waals surface area contributed by atoms with Crippen LogP contribution in [0.4, 0.5) is 0 Å². The molecule has 0 radical (unpaired) electrons. The minimum Gasteiger partial charge on any atom is -0.414 e. The van der Waals surface area contributed by atoms with Crippen LogP contribution in [0, 0.1) is 18.8 Å². The molecule has 1 aromatic rings. The summed E-state index contributed by atoms with van der Waals surface area (Å²) in [7, 11) is 0. The lowest BCUT2D eigenvalue weighted by atomic mass is 10.1. The summed E-state index contributed by atoms with van der Waals surface area (Å²) in [5.74, 6) is 4.27. The molecule has 0 bridgehead atoms. The molecule has 18 heavy (non-hydrogen) atoms. The first-order valence-corrected chi connectivity index (χ1v) is 5.40. The van der Waals surface area contributed by atoms with Crippen LogP contribution in [-0.4, -0.2) is 18.2 Å². The van der Waals surface area contributed by atoms with Crippen molar-refractivity contribution >= 4 is 11.9 Å². The van der Waals surface area contributed by atoms with Crippen LogP contribution < -0.4 is 0 Å². The molecule has 0 fully saturated rings. The third-order valence-corrected chi connectivity index (χ3v) is 1.90. The van der Waals surface area contributed by atoms with Crippen LogP contribution in [0.2, 0.25) is 0 Å². The maximum absolute atomic E-state index is 10.8. The van der Waals surface area contributed by atoms with E-state index in [0.29, 0.717) is 0 Å². The maximum atomic E-state index is 10.8. The highest BCUT2D eigenvalue weighted by Gasteiger charge is 2.11. The van der Waals surface area contributed by atoms with Crippen molar-refractivity contribution in [3.05, 3.63) is 35.4 Å². The van der Waals surface area contributed by atoms with Crippen LogP contribution in [-0.2, 0) is 19.1 Å². The van der Waals surface area contributed by atoms with E-state index in [9.17, 15) is 9.59 Å². The molecule has 0 unspecified atom stereocenters. The third kappa shape index (κ3) is 5.17. The van der Waals surface area contributed by atoms with Gasteiger partial charge in [-0.1, -0.05) is 18.1 Å². The molecule has 0 atom stereocenters. The summed E-state index contributed by atoms with van der Waals surface area (Å²) in [5.41, 5.74) is 1.83. The highest BCUT2D eigenvalue weighted by molar-refractivity contribution is 5.68. The van der Waals surface area contributed by atoms with Gasteiger partial charge in [0, 0.05) is 19.4 Å². The van der Waals surface area contributed by atoms with Crippen LogP contribution in [0.1, 0.15) is 25.0 Å². The molecule has 0 amide bonds. The summed E-state index contributed by atoms with van der Waals surface area (Å²) in [6.45, 7) is 4.40. The lowest BCUT2D eigenvalue weighted by Gasteiger charge is -2.09. The van der Waals surface area contributed by atoms with Gasteiger partial charge in [-0.05, 0) is 30.5 Å². The Morgan fingerprint density at radius 3 is 2.28 bits per heavy atom. The average Bonchev–Trinajstić information content (AvgIpc) is 2.24. The number of benzene rings is 1. The van der Waals surface area contributed by atoms with Crippen molar-refractivity contribution in [1.29, 1.82) is 0 Å². The molecule has 0 aliphatic carbocycles. The number of ether oxygens (including phenoxy) is 2. The van der Waals surface area contributed by atoms with Gasteiger partial charge in [0.1, 0.15) is 0 Å². The van der Waals surface area contributed by atoms with Crippen LogP contribution in [0.15, 0.2) is 24.3 Å². The van der Waals surface area contributed by atoms with Crippen molar-refractivity contribution in [3.63, 3.8) is 0 Å². The second-order valence-corrected chi connectivity index (χ2v) is 3.69.